The summed E-state index contributed by atoms with van der Waals surface area (Å²) in [4.78, 5) is 8.32. The summed E-state index contributed by atoms with van der Waals surface area (Å²) in [5, 5.41) is 0. The minimum atomic E-state index is -3.24. The molecule has 0 atom stereocenters. The summed E-state index contributed by atoms with van der Waals surface area (Å²) in [7, 11) is 0. The van der Waals surface area contributed by atoms with Crippen molar-refractivity contribution in [3.8, 4) is 11.6 Å². The zero-order valence-electron chi connectivity index (χ0n) is 13.4. The molecule has 0 saturated heterocycles. The molecule has 0 amide bonds. The van der Waals surface area contributed by atoms with Gasteiger partial charge in [-0.2, -0.15) is 0 Å². The van der Waals surface area contributed by atoms with Crippen LogP contribution in [0.5, 0.6) is 11.6 Å². The summed E-state index contributed by atoms with van der Waals surface area (Å²) in [6, 6.07) is 3.31. The fraction of sp³-hybridized carbons (Fsp3) is 0.412. The molecule has 1 heterocycles. The molecule has 1 aromatic heterocycles. The summed E-state index contributed by atoms with van der Waals surface area (Å²) in [6.07, 6.45) is 3.72. The van der Waals surface area contributed by atoms with Crippen molar-refractivity contribution >= 4 is 0 Å². The van der Waals surface area contributed by atoms with Crippen LogP contribution >= 0.6 is 0 Å². The van der Waals surface area contributed by atoms with Crippen LogP contribution in [0.25, 0.3) is 0 Å². The van der Waals surface area contributed by atoms with Crippen molar-refractivity contribution in [2.24, 2.45) is 0 Å². The summed E-state index contributed by atoms with van der Waals surface area (Å²) in [6.45, 7) is 4.65. The Balaban J connectivity index is 2.34. The van der Waals surface area contributed by atoms with Gasteiger partial charge in [0.2, 0.25) is 5.88 Å². The Bertz CT molecular complexity index is 684. The quantitative estimate of drug-likeness (QED) is 0.747. The van der Waals surface area contributed by atoms with Gasteiger partial charge in [0.25, 0.3) is 5.92 Å². The number of hydrogen-bond acceptors (Lipinski definition) is 3. The van der Waals surface area contributed by atoms with E-state index in [0.717, 1.165) is 42.7 Å². The average molecular weight is 324 g/mol. The summed E-state index contributed by atoms with van der Waals surface area (Å²) >= 11 is 0. The first kappa shape index (κ1) is 17.2. The minimum absolute atomic E-state index is 0.133. The number of nitrogens with zero attached hydrogens (tertiary/aromatic N) is 2. The van der Waals surface area contributed by atoms with Crippen LogP contribution in [0, 0.1) is 5.82 Å². The van der Waals surface area contributed by atoms with E-state index in [1.54, 1.807) is 0 Å². The van der Waals surface area contributed by atoms with Gasteiger partial charge < -0.3 is 4.74 Å². The molecule has 0 aliphatic carbocycles. The second-order valence-electron chi connectivity index (χ2n) is 5.34. The molecule has 124 valence electrons. The maximum atomic E-state index is 13.9. The molecule has 0 fully saturated rings. The highest BCUT2D eigenvalue weighted by Crippen LogP contribution is 2.33. The third-order valence-electron chi connectivity index (χ3n) is 3.46. The smallest absolute Gasteiger partial charge is 0.273 e. The Morgan fingerprint density at radius 1 is 1.17 bits per heavy atom. The number of rotatable bonds is 6. The maximum absolute atomic E-state index is 13.9. The normalized spacial score (nSPS) is 11.6. The van der Waals surface area contributed by atoms with Crippen LogP contribution in [0.3, 0.4) is 0 Å². The third-order valence-corrected chi connectivity index (χ3v) is 3.46. The molecule has 0 bridgehead atoms. The number of hydrogen-bond donors (Lipinski definition) is 0. The van der Waals surface area contributed by atoms with Gasteiger partial charge in [0, 0.05) is 18.6 Å². The standard InChI is InChI=1S/C17H19F3N2O/c1-4-6-12-15(5-2)21-10-22-16(12)23-11-7-8-13(14(18)9-11)17(3,19)20/h7-10H,4-6H2,1-3H3. The lowest BCUT2D eigenvalue weighted by Crippen LogP contribution is -2.09. The molecular weight excluding hydrogens is 305 g/mol. The molecule has 2 rings (SSSR count). The number of alkyl halides is 2. The first-order valence-electron chi connectivity index (χ1n) is 7.55. The van der Waals surface area contributed by atoms with Crippen molar-refractivity contribution in [1.82, 2.24) is 9.97 Å². The zero-order chi connectivity index (χ0) is 17.0. The van der Waals surface area contributed by atoms with Crippen LogP contribution in [0.4, 0.5) is 13.2 Å². The summed E-state index contributed by atoms with van der Waals surface area (Å²) in [5.41, 5.74) is 1.08. The van der Waals surface area contributed by atoms with E-state index in [-0.39, 0.29) is 5.75 Å². The summed E-state index contributed by atoms with van der Waals surface area (Å²) in [5.74, 6) is -3.76. The molecule has 0 unspecified atom stereocenters. The minimum Gasteiger partial charge on any atom is -0.439 e. The van der Waals surface area contributed by atoms with E-state index < -0.39 is 17.3 Å². The van der Waals surface area contributed by atoms with E-state index in [0.29, 0.717) is 12.8 Å². The first-order valence-corrected chi connectivity index (χ1v) is 7.55. The third kappa shape index (κ3) is 4.00. The van der Waals surface area contributed by atoms with Crippen LogP contribution < -0.4 is 4.74 Å². The second kappa shape index (κ2) is 6.98. The predicted molar refractivity (Wildman–Crippen MR) is 81.4 cm³/mol. The number of aromatic nitrogens is 2. The van der Waals surface area contributed by atoms with Gasteiger partial charge in [-0.1, -0.05) is 20.3 Å². The Morgan fingerprint density at radius 2 is 1.91 bits per heavy atom. The molecule has 0 saturated carbocycles. The molecule has 2 aromatic rings. The molecule has 0 radical (unpaired) electrons. The molecule has 3 nitrogen and oxygen atoms in total. The largest absolute Gasteiger partial charge is 0.439 e. The van der Waals surface area contributed by atoms with E-state index >= 15 is 0 Å². The fourth-order valence-corrected chi connectivity index (χ4v) is 2.35. The van der Waals surface area contributed by atoms with E-state index in [1.165, 1.54) is 12.4 Å². The fourth-order valence-electron chi connectivity index (χ4n) is 2.35. The van der Waals surface area contributed by atoms with E-state index in [9.17, 15) is 13.2 Å². The van der Waals surface area contributed by atoms with E-state index in [4.69, 9.17) is 4.74 Å². The molecule has 0 aliphatic heterocycles. The van der Waals surface area contributed by atoms with Crippen molar-refractivity contribution in [2.75, 3.05) is 0 Å². The van der Waals surface area contributed by atoms with E-state index in [1.807, 2.05) is 13.8 Å². The van der Waals surface area contributed by atoms with Gasteiger partial charge in [-0.25, -0.2) is 23.1 Å². The van der Waals surface area contributed by atoms with Crippen molar-refractivity contribution in [3.63, 3.8) is 0 Å². The molecule has 0 spiro atoms. The second-order valence-corrected chi connectivity index (χ2v) is 5.34. The van der Waals surface area contributed by atoms with Gasteiger partial charge in [-0.05, 0) is 25.0 Å². The highest BCUT2D eigenvalue weighted by Gasteiger charge is 2.28. The highest BCUT2D eigenvalue weighted by molar-refractivity contribution is 5.37. The van der Waals surface area contributed by atoms with Crippen molar-refractivity contribution < 1.29 is 17.9 Å². The predicted octanol–water partition coefficient (Wildman–Crippen LogP) is 5.03. The van der Waals surface area contributed by atoms with Gasteiger partial charge in [0.05, 0.1) is 11.3 Å². The molecule has 23 heavy (non-hydrogen) atoms. The number of benzene rings is 1. The molecule has 0 aliphatic rings. The SMILES string of the molecule is CCCc1c(CC)ncnc1Oc1ccc(C(C)(F)F)c(F)c1. The zero-order valence-corrected chi connectivity index (χ0v) is 13.4. The highest BCUT2D eigenvalue weighted by atomic mass is 19.3. The Kier molecular flexibility index (Phi) is 5.23. The van der Waals surface area contributed by atoms with Crippen molar-refractivity contribution in [2.45, 2.75) is 46.0 Å². The van der Waals surface area contributed by atoms with Gasteiger partial charge >= 0.3 is 0 Å². The monoisotopic (exact) mass is 324 g/mol. The maximum Gasteiger partial charge on any atom is 0.273 e. The van der Waals surface area contributed by atoms with Crippen molar-refractivity contribution in [1.29, 1.82) is 0 Å². The van der Waals surface area contributed by atoms with Gasteiger partial charge in [0.15, 0.2) is 0 Å². The number of aryl methyl sites for hydroxylation is 1. The first-order chi connectivity index (χ1) is 10.9. The van der Waals surface area contributed by atoms with Crippen molar-refractivity contribution in [3.05, 3.63) is 47.2 Å². The van der Waals surface area contributed by atoms with Crippen LogP contribution in [0.1, 0.15) is 44.0 Å². The lowest BCUT2D eigenvalue weighted by atomic mass is 10.1. The number of halogens is 3. The van der Waals surface area contributed by atoms with Gasteiger partial charge in [-0.3, -0.25) is 0 Å². The Hall–Kier alpha value is -2.11. The molecule has 1 aromatic carbocycles. The van der Waals surface area contributed by atoms with Crippen LogP contribution in [-0.2, 0) is 18.8 Å². The van der Waals surface area contributed by atoms with Crippen LogP contribution in [0.15, 0.2) is 24.5 Å². The van der Waals surface area contributed by atoms with Gasteiger partial charge in [-0.15, -0.1) is 0 Å². The van der Waals surface area contributed by atoms with Crippen LogP contribution in [0.2, 0.25) is 0 Å². The molecule has 0 N–H and O–H groups in total. The lowest BCUT2D eigenvalue weighted by molar-refractivity contribution is 0.0137. The summed E-state index contributed by atoms with van der Waals surface area (Å²) < 4.78 is 45.9. The lowest BCUT2D eigenvalue weighted by Gasteiger charge is -2.14. The average Bonchev–Trinajstić information content (AvgIpc) is 2.48. The van der Waals surface area contributed by atoms with E-state index in [2.05, 4.69) is 9.97 Å². The van der Waals surface area contributed by atoms with Crippen LogP contribution in [-0.4, -0.2) is 9.97 Å². The molecule has 6 heteroatoms. The Labute approximate surface area is 133 Å². The number of ether oxygens (including phenoxy) is 1. The molecular formula is C17H19F3N2O. The Morgan fingerprint density at radius 3 is 2.48 bits per heavy atom. The topological polar surface area (TPSA) is 35.0 Å². The van der Waals surface area contributed by atoms with Gasteiger partial charge in [0.1, 0.15) is 17.9 Å².